The Morgan fingerprint density at radius 3 is 2.48 bits per heavy atom. The molecule has 0 spiro atoms. The molecular weight excluding hydrogens is 336 g/mol. The molecule has 27 heavy (non-hydrogen) atoms. The van der Waals surface area contributed by atoms with Gasteiger partial charge in [-0.3, -0.25) is 4.79 Å². The zero-order valence-corrected chi connectivity index (χ0v) is 17.5. The molecule has 0 aromatic rings. The number of ether oxygens (including phenoxy) is 1. The Labute approximate surface area is 163 Å². The van der Waals surface area contributed by atoms with Crippen molar-refractivity contribution in [3.63, 3.8) is 0 Å². The fourth-order valence-electron chi connectivity index (χ4n) is 3.17. The molecule has 1 aliphatic carbocycles. The quantitative estimate of drug-likeness (QED) is 0.294. The van der Waals surface area contributed by atoms with Crippen LogP contribution < -0.4 is 0 Å². The smallest absolute Gasteiger partial charge is 0.330 e. The minimum absolute atomic E-state index is 0.0982. The van der Waals surface area contributed by atoms with E-state index < -0.39 is 0 Å². The zero-order valence-electron chi connectivity index (χ0n) is 17.5. The van der Waals surface area contributed by atoms with E-state index in [9.17, 15) is 9.59 Å². The number of rotatable bonds is 5. The molecule has 0 radical (unpaired) electrons. The first-order chi connectivity index (χ1) is 12.6. The number of hydrogen-bond donors (Lipinski definition) is 0. The first-order valence-electron chi connectivity index (χ1n) is 9.09. The molecule has 0 aliphatic heterocycles. The molecular formula is C24H30O3. The minimum atomic E-state index is -0.365. The predicted octanol–water partition coefficient (Wildman–Crippen LogP) is 5.12. The molecule has 1 unspecified atom stereocenters. The Balaban J connectivity index is 2.99. The lowest BCUT2D eigenvalue weighted by Crippen LogP contribution is -2.31. The zero-order chi connectivity index (χ0) is 20.6. The maximum atomic E-state index is 12.6. The lowest BCUT2D eigenvalue weighted by atomic mass is 9.68. The molecule has 0 aromatic heterocycles. The van der Waals surface area contributed by atoms with Crippen molar-refractivity contribution in [3.8, 4) is 11.8 Å². The fraction of sp³-hybridized carbons (Fsp3) is 0.417. The van der Waals surface area contributed by atoms with Gasteiger partial charge in [0.15, 0.2) is 5.78 Å². The second kappa shape index (κ2) is 9.92. The van der Waals surface area contributed by atoms with Gasteiger partial charge in [-0.1, -0.05) is 55.7 Å². The molecule has 1 rings (SSSR count). The summed E-state index contributed by atoms with van der Waals surface area (Å²) < 4.78 is 4.60. The summed E-state index contributed by atoms with van der Waals surface area (Å²) in [6.45, 7) is 11.8. The van der Waals surface area contributed by atoms with Crippen LogP contribution in [-0.2, 0) is 14.3 Å². The normalized spacial score (nSPS) is 20.9. The minimum Gasteiger partial charge on any atom is -0.466 e. The van der Waals surface area contributed by atoms with Crippen LogP contribution in [0.4, 0.5) is 0 Å². The summed E-state index contributed by atoms with van der Waals surface area (Å²) in [7, 11) is 1.36. The van der Waals surface area contributed by atoms with Crippen molar-refractivity contribution in [3.05, 3.63) is 58.7 Å². The molecule has 0 fully saturated rings. The maximum absolute atomic E-state index is 12.6. The van der Waals surface area contributed by atoms with E-state index in [1.54, 1.807) is 6.92 Å². The molecule has 0 saturated heterocycles. The van der Waals surface area contributed by atoms with E-state index in [-0.39, 0.29) is 23.1 Å². The van der Waals surface area contributed by atoms with Gasteiger partial charge < -0.3 is 4.74 Å². The van der Waals surface area contributed by atoms with Gasteiger partial charge >= 0.3 is 5.97 Å². The Bertz CT molecular complexity index is 802. The van der Waals surface area contributed by atoms with Gasteiger partial charge in [0.2, 0.25) is 0 Å². The van der Waals surface area contributed by atoms with Crippen LogP contribution >= 0.6 is 0 Å². The van der Waals surface area contributed by atoms with Gasteiger partial charge in [0.25, 0.3) is 0 Å². The van der Waals surface area contributed by atoms with Crippen molar-refractivity contribution >= 4 is 11.8 Å². The molecule has 0 N–H and O–H groups in total. The average Bonchev–Trinajstić information content (AvgIpc) is 2.59. The molecule has 3 nitrogen and oxygen atoms in total. The fourth-order valence-corrected chi connectivity index (χ4v) is 3.17. The monoisotopic (exact) mass is 366 g/mol. The lowest BCUT2D eigenvalue weighted by molar-refractivity contribution is -0.134. The molecule has 0 heterocycles. The van der Waals surface area contributed by atoms with Crippen LogP contribution in [0.2, 0.25) is 0 Å². The number of ketones is 1. The van der Waals surface area contributed by atoms with Gasteiger partial charge in [-0.15, -0.1) is 5.92 Å². The van der Waals surface area contributed by atoms with Gasteiger partial charge in [-0.05, 0) is 56.3 Å². The number of esters is 1. The summed E-state index contributed by atoms with van der Waals surface area (Å²) in [5, 5.41) is 0. The van der Waals surface area contributed by atoms with E-state index in [0.717, 1.165) is 28.7 Å². The number of allylic oxidation sites excluding steroid dienone is 9. The highest BCUT2D eigenvalue weighted by Gasteiger charge is 2.36. The molecule has 0 amide bonds. The highest BCUT2D eigenvalue weighted by molar-refractivity contribution is 6.00. The van der Waals surface area contributed by atoms with E-state index in [0.29, 0.717) is 0 Å². The molecule has 3 heteroatoms. The predicted molar refractivity (Wildman–Crippen MR) is 111 cm³/mol. The third kappa shape index (κ3) is 6.57. The third-order valence-electron chi connectivity index (χ3n) is 4.63. The Kier molecular flexibility index (Phi) is 8.25. The van der Waals surface area contributed by atoms with Gasteiger partial charge in [0, 0.05) is 6.08 Å². The number of carbonyl (C=O) groups is 2. The van der Waals surface area contributed by atoms with E-state index in [1.807, 2.05) is 51.2 Å². The summed E-state index contributed by atoms with van der Waals surface area (Å²) in [5.41, 5.74) is 3.64. The number of Topliss-reactive ketones (excluding diaryl/α,β-unsaturated/α-hetero) is 1. The van der Waals surface area contributed by atoms with E-state index in [4.69, 9.17) is 0 Å². The van der Waals surface area contributed by atoms with Crippen LogP contribution in [0.15, 0.2) is 58.7 Å². The van der Waals surface area contributed by atoms with E-state index in [1.165, 1.54) is 13.2 Å². The van der Waals surface area contributed by atoms with Crippen molar-refractivity contribution in [1.82, 2.24) is 0 Å². The third-order valence-corrected chi connectivity index (χ3v) is 4.63. The van der Waals surface area contributed by atoms with E-state index in [2.05, 4.69) is 30.4 Å². The van der Waals surface area contributed by atoms with Crippen LogP contribution in [0, 0.1) is 23.2 Å². The summed E-state index contributed by atoms with van der Waals surface area (Å²) in [5.74, 6) is 5.49. The van der Waals surface area contributed by atoms with Crippen LogP contribution in [-0.4, -0.2) is 18.9 Å². The van der Waals surface area contributed by atoms with Gasteiger partial charge in [0.1, 0.15) is 0 Å². The summed E-state index contributed by atoms with van der Waals surface area (Å²) in [6, 6.07) is 0. The molecule has 1 atom stereocenters. The SMILES string of the molecule is CC#CC1CC(C)(C)C(C=CC(C)=CC=CC(C)=CC(=O)OC)=C(C)C1=O. The highest BCUT2D eigenvalue weighted by Crippen LogP contribution is 2.42. The largest absolute Gasteiger partial charge is 0.466 e. The second-order valence-electron chi connectivity index (χ2n) is 7.45. The summed E-state index contributed by atoms with van der Waals surface area (Å²) in [6.07, 6.45) is 11.9. The Morgan fingerprint density at radius 2 is 1.89 bits per heavy atom. The lowest BCUT2D eigenvalue weighted by Gasteiger charge is -2.35. The molecule has 1 aliphatic rings. The first kappa shape index (κ1) is 22.4. The van der Waals surface area contributed by atoms with Crippen LogP contribution in [0.3, 0.4) is 0 Å². The summed E-state index contributed by atoms with van der Waals surface area (Å²) >= 11 is 0. The van der Waals surface area contributed by atoms with Crippen molar-refractivity contribution in [2.45, 2.75) is 48.0 Å². The maximum Gasteiger partial charge on any atom is 0.330 e. The number of hydrogen-bond acceptors (Lipinski definition) is 3. The van der Waals surface area contributed by atoms with Gasteiger partial charge in [0.05, 0.1) is 13.0 Å². The number of methoxy groups -OCH3 is 1. The van der Waals surface area contributed by atoms with Crippen molar-refractivity contribution in [2.24, 2.45) is 11.3 Å². The topological polar surface area (TPSA) is 43.4 Å². The van der Waals surface area contributed by atoms with E-state index >= 15 is 0 Å². The molecule has 0 saturated carbocycles. The van der Waals surface area contributed by atoms with Crippen molar-refractivity contribution in [1.29, 1.82) is 0 Å². The second-order valence-corrected chi connectivity index (χ2v) is 7.45. The van der Waals surface area contributed by atoms with Crippen molar-refractivity contribution in [2.75, 3.05) is 7.11 Å². The average molecular weight is 367 g/mol. The number of carbonyl (C=O) groups excluding carboxylic acids is 2. The highest BCUT2D eigenvalue weighted by atomic mass is 16.5. The van der Waals surface area contributed by atoms with Crippen LogP contribution in [0.1, 0.15) is 48.0 Å². The van der Waals surface area contributed by atoms with Crippen LogP contribution in [0.25, 0.3) is 0 Å². The van der Waals surface area contributed by atoms with Crippen molar-refractivity contribution < 1.29 is 14.3 Å². The Morgan fingerprint density at radius 1 is 1.22 bits per heavy atom. The Hall–Kier alpha value is -2.60. The van der Waals surface area contributed by atoms with Gasteiger partial charge in [-0.25, -0.2) is 4.79 Å². The molecule has 144 valence electrons. The van der Waals surface area contributed by atoms with Crippen LogP contribution in [0.5, 0.6) is 0 Å². The van der Waals surface area contributed by atoms with Gasteiger partial charge in [-0.2, -0.15) is 0 Å². The first-order valence-corrected chi connectivity index (χ1v) is 9.09. The standard InChI is InChI=1S/C24H30O3/c1-8-10-20-16-24(5,6)21(19(4)23(20)26)14-13-17(2)11-9-12-18(3)15-22(25)27-7/h9,11-15,20H,16H2,1-7H3. The molecule has 0 aromatic carbocycles. The molecule has 0 bridgehead atoms. The summed E-state index contributed by atoms with van der Waals surface area (Å²) in [4.78, 5) is 23.7.